The molecule has 1 aliphatic heterocycles. The average molecular weight is 337 g/mol. The van der Waals surface area contributed by atoms with Gasteiger partial charge in [-0.05, 0) is 25.1 Å². The predicted molar refractivity (Wildman–Crippen MR) is 85.5 cm³/mol. The highest BCUT2D eigenvalue weighted by Crippen LogP contribution is 2.16. The van der Waals surface area contributed by atoms with E-state index < -0.39 is 10.0 Å². The lowest BCUT2D eigenvalue weighted by molar-refractivity contribution is 0.0698. The molecule has 0 aliphatic carbocycles. The van der Waals surface area contributed by atoms with Crippen LogP contribution < -0.4 is 0 Å². The molecule has 1 aliphatic rings. The third-order valence-electron chi connectivity index (χ3n) is 4.06. The Morgan fingerprint density at radius 2 is 1.91 bits per heavy atom. The molecule has 1 aromatic carbocycles. The Kier molecular flexibility index (Phi) is 4.07. The van der Waals surface area contributed by atoms with Crippen LogP contribution in [-0.4, -0.2) is 71.0 Å². The second-order valence-corrected chi connectivity index (χ2v) is 7.55. The summed E-state index contributed by atoms with van der Waals surface area (Å²) in [4.78, 5) is 14.3. The van der Waals surface area contributed by atoms with Crippen LogP contribution in [0.3, 0.4) is 0 Å². The summed E-state index contributed by atoms with van der Waals surface area (Å²) in [5, 5.41) is 8.11. The second kappa shape index (κ2) is 5.89. The van der Waals surface area contributed by atoms with Gasteiger partial charge >= 0.3 is 0 Å². The summed E-state index contributed by atoms with van der Waals surface area (Å²) < 4.78 is 26.2. The Hall–Kier alpha value is -2.00. The normalized spacial score (nSPS) is 16.9. The first kappa shape index (κ1) is 15.9. The number of amides is 1. The van der Waals surface area contributed by atoms with Crippen molar-refractivity contribution in [3.63, 3.8) is 0 Å². The summed E-state index contributed by atoms with van der Waals surface area (Å²) in [6.07, 6.45) is 1.19. The highest BCUT2D eigenvalue weighted by Gasteiger charge is 2.26. The highest BCUT2D eigenvalue weighted by atomic mass is 32.2. The second-order valence-electron chi connectivity index (χ2n) is 5.56. The lowest BCUT2D eigenvalue weighted by Crippen LogP contribution is -2.50. The minimum atomic E-state index is -3.19. The van der Waals surface area contributed by atoms with Gasteiger partial charge in [-0.25, -0.2) is 13.1 Å². The predicted octanol–water partition coefficient (Wildman–Crippen LogP) is 0.169. The van der Waals surface area contributed by atoms with Crippen LogP contribution in [-0.2, 0) is 16.6 Å². The molecule has 0 N–H and O–H groups in total. The minimum absolute atomic E-state index is 0.105. The number of carbonyl (C=O) groups is 1. The summed E-state index contributed by atoms with van der Waals surface area (Å²) in [6.45, 7) is 4.15. The number of aromatic nitrogens is 3. The van der Waals surface area contributed by atoms with E-state index in [9.17, 15) is 13.2 Å². The van der Waals surface area contributed by atoms with Gasteiger partial charge in [0.05, 0.1) is 11.8 Å². The van der Waals surface area contributed by atoms with E-state index in [-0.39, 0.29) is 5.91 Å². The zero-order valence-electron chi connectivity index (χ0n) is 13.1. The highest BCUT2D eigenvalue weighted by molar-refractivity contribution is 7.88. The number of hydrogen-bond acceptors (Lipinski definition) is 5. The Balaban J connectivity index is 1.76. The van der Waals surface area contributed by atoms with E-state index in [1.54, 1.807) is 21.7 Å². The first-order valence-electron chi connectivity index (χ1n) is 7.48. The standard InChI is InChI=1S/C14H19N5O3S/c1-3-19-13-5-4-11(10-12(13)15-16-19)14(20)17-6-8-18(9-7-17)23(2,21)22/h4-5,10H,3,6-9H2,1-2H3. The molecule has 2 aromatic rings. The number of fused-ring (bicyclic) bond motifs is 1. The lowest BCUT2D eigenvalue weighted by atomic mass is 10.1. The maximum atomic E-state index is 12.6. The van der Waals surface area contributed by atoms with Crippen molar-refractivity contribution in [3.8, 4) is 0 Å². The number of sulfonamides is 1. The summed E-state index contributed by atoms with van der Waals surface area (Å²) in [6, 6.07) is 5.35. The Labute approximate surface area is 134 Å². The van der Waals surface area contributed by atoms with Crippen LogP contribution in [0.5, 0.6) is 0 Å². The largest absolute Gasteiger partial charge is 0.336 e. The summed E-state index contributed by atoms with van der Waals surface area (Å²) in [5.41, 5.74) is 2.13. The van der Waals surface area contributed by atoms with Crippen molar-refractivity contribution >= 4 is 27.0 Å². The quantitative estimate of drug-likeness (QED) is 0.796. The van der Waals surface area contributed by atoms with Gasteiger partial charge in [0.2, 0.25) is 10.0 Å². The number of piperazine rings is 1. The minimum Gasteiger partial charge on any atom is -0.336 e. The Bertz CT molecular complexity index is 837. The number of benzene rings is 1. The van der Waals surface area contributed by atoms with E-state index in [1.807, 2.05) is 13.0 Å². The fourth-order valence-electron chi connectivity index (χ4n) is 2.74. The van der Waals surface area contributed by atoms with Crippen LogP contribution in [0.25, 0.3) is 11.0 Å². The molecular formula is C14H19N5O3S. The lowest BCUT2D eigenvalue weighted by Gasteiger charge is -2.33. The van der Waals surface area contributed by atoms with Crippen LogP contribution in [0.4, 0.5) is 0 Å². The van der Waals surface area contributed by atoms with Gasteiger partial charge < -0.3 is 4.90 Å². The molecule has 0 saturated carbocycles. The number of aryl methyl sites for hydroxylation is 1. The monoisotopic (exact) mass is 337 g/mol. The SMILES string of the molecule is CCn1nnc2cc(C(=O)N3CCN(S(C)(=O)=O)CC3)ccc21. The molecule has 1 fully saturated rings. The molecule has 1 saturated heterocycles. The molecule has 0 unspecified atom stereocenters. The van der Waals surface area contributed by atoms with E-state index >= 15 is 0 Å². The van der Waals surface area contributed by atoms with Gasteiger partial charge in [-0.2, -0.15) is 4.31 Å². The van der Waals surface area contributed by atoms with Gasteiger partial charge in [0.15, 0.2) is 0 Å². The molecule has 0 atom stereocenters. The molecule has 0 spiro atoms. The molecule has 1 amide bonds. The number of rotatable bonds is 3. The van der Waals surface area contributed by atoms with E-state index in [4.69, 9.17) is 0 Å². The first-order valence-corrected chi connectivity index (χ1v) is 9.32. The molecule has 2 heterocycles. The van der Waals surface area contributed by atoms with Crippen molar-refractivity contribution in [2.45, 2.75) is 13.5 Å². The Morgan fingerprint density at radius 3 is 2.52 bits per heavy atom. The Morgan fingerprint density at radius 1 is 1.22 bits per heavy atom. The zero-order valence-corrected chi connectivity index (χ0v) is 14.0. The van der Waals surface area contributed by atoms with Crippen molar-refractivity contribution in [2.24, 2.45) is 0 Å². The maximum absolute atomic E-state index is 12.6. The van der Waals surface area contributed by atoms with Crippen LogP contribution in [0.15, 0.2) is 18.2 Å². The van der Waals surface area contributed by atoms with Gasteiger partial charge in [0.25, 0.3) is 5.91 Å². The summed E-state index contributed by atoms with van der Waals surface area (Å²) in [7, 11) is -3.19. The number of nitrogens with zero attached hydrogens (tertiary/aromatic N) is 5. The first-order chi connectivity index (χ1) is 10.9. The molecule has 124 valence electrons. The van der Waals surface area contributed by atoms with Gasteiger partial charge in [0, 0.05) is 38.3 Å². The zero-order chi connectivity index (χ0) is 16.6. The third-order valence-corrected chi connectivity index (χ3v) is 5.36. The summed E-state index contributed by atoms with van der Waals surface area (Å²) in [5.74, 6) is -0.105. The van der Waals surface area contributed by atoms with Gasteiger partial charge in [0.1, 0.15) is 5.52 Å². The molecule has 3 rings (SSSR count). The van der Waals surface area contributed by atoms with E-state index in [1.165, 1.54) is 10.6 Å². The van der Waals surface area contributed by atoms with Crippen molar-refractivity contribution in [2.75, 3.05) is 32.4 Å². The van der Waals surface area contributed by atoms with Crippen LogP contribution in [0.1, 0.15) is 17.3 Å². The van der Waals surface area contributed by atoms with Crippen molar-refractivity contribution in [3.05, 3.63) is 23.8 Å². The van der Waals surface area contributed by atoms with Gasteiger partial charge in [-0.15, -0.1) is 5.10 Å². The van der Waals surface area contributed by atoms with Crippen LogP contribution in [0.2, 0.25) is 0 Å². The number of carbonyl (C=O) groups excluding carboxylic acids is 1. The van der Waals surface area contributed by atoms with Crippen molar-refractivity contribution in [1.82, 2.24) is 24.2 Å². The molecule has 0 radical (unpaired) electrons. The molecule has 0 bridgehead atoms. The molecule has 9 heteroatoms. The molecular weight excluding hydrogens is 318 g/mol. The van der Waals surface area contributed by atoms with Crippen LogP contribution in [0, 0.1) is 0 Å². The summed E-state index contributed by atoms with van der Waals surface area (Å²) >= 11 is 0. The van der Waals surface area contributed by atoms with E-state index in [0.717, 1.165) is 12.1 Å². The van der Waals surface area contributed by atoms with Gasteiger partial charge in [-0.3, -0.25) is 4.79 Å². The van der Waals surface area contributed by atoms with Gasteiger partial charge in [-0.1, -0.05) is 5.21 Å². The fraction of sp³-hybridized carbons (Fsp3) is 0.500. The molecule has 8 nitrogen and oxygen atoms in total. The van der Waals surface area contributed by atoms with Crippen LogP contribution >= 0.6 is 0 Å². The van der Waals surface area contributed by atoms with Crippen molar-refractivity contribution < 1.29 is 13.2 Å². The smallest absolute Gasteiger partial charge is 0.254 e. The molecule has 23 heavy (non-hydrogen) atoms. The topological polar surface area (TPSA) is 88.4 Å². The van der Waals surface area contributed by atoms with Crippen molar-refractivity contribution in [1.29, 1.82) is 0 Å². The fourth-order valence-corrected chi connectivity index (χ4v) is 3.57. The molecule has 1 aromatic heterocycles. The van der Waals surface area contributed by atoms with E-state index in [2.05, 4.69) is 10.3 Å². The average Bonchev–Trinajstić information content (AvgIpc) is 2.95. The maximum Gasteiger partial charge on any atom is 0.254 e. The third kappa shape index (κ3) is 3.06. The van der Waals surface area contributed by atoms with E-state index in [0.29, 0.717) is 37.3 Å². The number of hydrogen-bond donors (Lipinski definition) is 0.